The van der Waals surface area contributed by atoms with Crippen LogP contribution >= 0.6 is 25.3 Å². The number of nitrogens with zero attached hydrogens (tertiary/aromatic N) is 4. The molecule has 0 aromatic heterocycles. The van der Waals surface area contributed by atoms with Crippen LogP contribution in [0.5, 0.6) is 0 Å². The first-order valence-electron chi connectivity index (χ1n) is 8.87. The maximum Gasteiger partial charge on any atom is 0.269 e. The van der Waals surface area contributed by atoms with Gasteiger partial charge in [-0.15, -0.1) is 25.3 Å². The molecule has 0 saturated carbocycles. The Bertz CT molecular complexity index is 805. The number of hydrogen-bond acceptors (Lipinski definition) is 8. The third-order valence-corrected chi connectivity index (χ3v) is 5.21. The molecule has 0 spiro atoms. The number of thiol groups is 2. The van der Waals surface area contributed by atoms with Crippen molar-refractivity contribution in [3.05, 3.63) is 69.8 Å². The lowest BCUT2D eigenvalue weighted by atomic mass is 10.2. The third kappa shape index (κ3) is 5.63. The molecular formula is C19H22N4O3S2. The van der Waals surface area contributed by atoms with Gasteiger partial charge in [0.1, 0.15) is 6.61 Å². The summed E-state index contributed by atoms with van der Waals surface area (Å²) in [5, 5.41) is 14.6. The number of oxime groups is 1. The van der Waals surface area contributed by atoms with E-state index in [-0.39, 0.29) is 17.0 Å². The normalized spacial score (nSPS) is 15.3. The molecule has 0 amide bonds. The number of rotatable bonds is 7. The van der Waals surface area contributed by atoms with Crippen LogP contribution in [-0.2, 0) is 11.4 Å². The summed E-state index contributed by atoms with van der Waals surface area (Å²) in [6.45, 7) is 4.04. The van der Waals surface area contributed by atoms with Crippen molar-refractivity contribution in [3.8, 4) is 0 Å². The van der Waals surface area contributed by atoms with E-state index in [1.165, 1.54) is 17.8 Å². The minimum Gasteiger partial charge on any atom is -0.391 e. The first kappa shape index (κ1) is 20.5. The number of hydrogen-bond donors (Lipinski definition) is 2. The lowest BCUT2D eigenvalue weighted by molar-refractivity contribution is -0.384. The van der Waals surface area contributed by atoms with Gasteiger partial charge in [-0.05, 0) is 35.4 Å². The van der Waals surface area contributed by atoms with Crippen LogP contribution in [0.15, 0.2) is 53.7 Å². The minimum absolute atomic E-state index is 0.00765. The highest BCUT2D eigenvalue weighted by molar-refractivity contribution is 7.99. The van der Waals surface area contributed by atoms with Gasteiger partial charge in [0.15, 0.2) is 0 Å². The highest BCUT2D eigenvalue weighted by atomic mass is 32.2. The Morgan fingerprint density at radius 1 is 1.07 bits per heavy atom. The fraction of sp³-hybridized carbons (Fsp3) is 0.316. The average molecular weight is 419 g/mol. The first-order chi connectivity index (χ1) is 13.5. The van der Waals surface area contributed by atoms with Crippen molar-refractivity contribution in [2.45, 2.75) is 11.3 Å². The van der Waals surface area contributed by atoms with E-state index in [0.29, 0.717) is 0 Å². The number of benzene rings is 2. The van der Waals surface area contributed by atoms with Gasteiger partial charge in [0.05, 0.1) is 15.8 Å². The Labute approximate surface area is 174 Å². The van der Waals surface area contributed by atoms with Gasteiger partial charge in [0.2, 0.25) is 0 Å². The number of nitro groups is 1. The fourth-order valence-electron chi connectivity index (χ4n) is 2.91. The Morgan fingerprint density at radius 2 is 1.71 bits per heavy atom. The van der Waals surface area contributed by atoms with Gasteiger partial charge in [0.25, 0.3) is 5.69 Å². The molecule has 0 radical (unpaired) electrons. The molecule has 148 valence electrons. The molecule has 0 atom stereocenters. The van der Waals surface area contributed by atoms with Gasteiger partial charge in [0, 0.05) is 44.0 Å². The van der Waals surface area contributed by atoms with Crippen molar-refractivity contribution in [3.63, 3.8) is 0 Å². The Balaban J connectivity index is 1.47. The van der Waals surface area contributed by atoms with E-state index in [1.807, 2.05) is 12.1 Å². The molecule has 0 N–H and O–H groups in total. The number of nitro benzene ring substituents is 1. The molecule has 28 heavy (non-hydrogen) atoms. The van der Waals surface area contributed by atoms with Crippen LogP contribution in [0.2, 0.25) is 0 Å². The van der Waals surface area contributed by atoms with Crippen LogP contribution in [0.1, 0.15) is 11.1 Å². The summed E-state index contributed by atoms with van der Waals surface area (Å²) in [6, 6.07) is 14.4. The van der Waals surface area contributed by atoms with E-state index in [4.69, 9.17) is 4.84 Å². The molecule has 1 aliphatic rings. The molecule has 0 unspecified atom stereocenters. The van der Waals surface area contributed by atoms with Crippen LogP contribution in [0.3, 0.4) is 0 Å². The summed E-state index contributed by atoms with van der Waals surface area (Å²) in [7, 11) is 0. The lowest BCUT2D eigenvalue weighted by Crippen LogP contribution is -2.47. The largest absolute Gasteiger partial charge is 0.391 e. The summed E-state index contributed by atoms with van der Waals surface area (Å²) in [4.78, 5) is 20.1. The van der Waals surface area contributed by atoms with Crippen molar-refractivity contribution in [2.75, 3.05) is 31.1 Å². The molecule has 1 aliphatic heterocycles. The maximum absolute atomic E-state index is 10.6. The zero-order valence-corrected chi connectivity index (χ0v) is 17.0. The van der Waals surface area contributed by atoms with Crippen molar-refractivity contribution in [2.24, 2.45) is 5.16 Å². The fourth-order valence-corrected chi connectivity index (χ4v) is 3.37. The molecular weight excluding hydrogens is 396 g/mol. The SMILES string of the molecule is O=[N+]([O-])c1ccc(CO/N=C/c2ccc(N3CCN(C(S)S)CC3)cc2)cc1. The lowest BCUT2D eigenvalue weighted by Gasteiger charge is -2.37. The van der Waals surface area contributed by atoms with Crippen molar-refractivity contribution >= 4 is 42.8 Å². The quantitative estimate of drug-likeness (QED) is 0.237. The molecule has 7 nitrogen and oxygen atoms in total. The smallest absolute Gasteiger partial charge is 0.269 e. The number of non-ortho nitro benzene ring substituents is 1. The van der Waals surface area contributed by atoms with Gasteiger partial charge < -0.3 is 9.74 Å². The second-order valence-electron chi connectivity index (χ2n) is 6.39. The standard InChI is InChI=1S/C19H22N4O3S2/c24-23(25)18-7-3-16(4-8-18)14-26-20-13-15-1-5-17(6-2-15)21-9-11-22(12-10-21)19(27)28/h1-8,13,19,27-28H,9-12,14H2/b20-13+. The summed E-state index contributed by atoms with van der Waals surface area (Å²) in [5.41, 5.74) is 3.00. The Hall–Kier alpha value is -2.23. The van der Waals surface area contributed by atoms with Gasteiger partial charge in [-0.3, -0.25) is 15.0 Å². The average Bonchev–Trinajstić information content (AvgIpc) is 2.72. The van der Waals surface area contributed by atoms with Crippen LogP contribution in [0.25, 0.3) is 0 Å². The molecule has 1 saturated heterocycles. The monoisotopic (exact) mass is 418 g/mol. The minimum atomic E-state index is -0.427. The van der Waals surface area contributed by atoms with Gasteiger partial charge in [-0.25, -0.2) is 0 Å². The van der Waals surface area contributed by atoms with Crippen molar-refractivity contribution in [1.29, 1.82) is 0 Å². The van der Waals surface area contributed by atoms with E-state index < -0.39 is 4.92 Å². The molecule has 9 heteroatoms. The molecule has 1 heterocycles. The second kappa shape index (κ2) is 9.81. The molecule has 0 bridgehead atoms. The van der Waals surface area contributed by atoms with Gasteiger partial charge in [-0.2, -0.15) is 0 Å². The molecule has 1 fully saturated rings. The predicted octanol–water partition coefficient (Wildman–Crippen LogP) is 3.41. The summed E-state index contributed by atoms with van der Waals surface area (Å²) >= 11 is 8.73. The van der Waals surface area contributed by atoms with Crippen molar-refractivity contribution < 1.29 is 9.76 Å². The summed E-state index contributed by atoms with van der Waals surface area (Å²) in [5.74, 6) is 0. The van der Waals surface area contributed by atoms with Crippen LogP contribution < -0.4 is 4.90 Å². The Morgan fingerprint density at radius 3 is 2.29 bits per heavy atom. The van der Waals surface area contributed by atoms with Crippen LogP contribution in [0.4, 0.5) is 11.4 Å². The van der Waals surface area contributed by atoms with Crippen LogP contribution in [-0.4, -0.2) is 46.9 Å². The van der Waals surface area contributed by atoms with E-state index in [9.17, 15) is 10.1 Å². The van der Waals surface area contributed by atoms with Gasteiger partial charge in [-0.1, -0.05) is 17.3 Å². The number of anilines is 1. The maximum atomic E-state index is 10.6. The first-order valence-corrected chi connectivity index (χ1v) is 9.90. The summed E-state index contributed by atoms with van der Waals surface area (Å²) in [6.07, 6.45) is 1.65. The van der Waals surface area contributed by atoms with E-state index in [0.717, 1.165) is 37.3 Å². The number of piperazine rings is 1. The van der Waals surface area contributed by atoms with E-state index in [1.54, 1.807) is 18.3 Å². The molecule has 2 aromatic carbocycles. The Kier molecular flexibility index (Phi) is 7.18. The van der Waals surface area contributed by atoms with Crippen LogP contribution in [0, 0.1) is 10.1 Å². The summed E-state index contributed by atoms with van der Waals surface area (Å²) < 4.78 is -0.00765. The topological polar surface area (TPSA) is 71.2 Å². The van der Waals surface area contributed by atoms with E-state index in [2.05, 4.69) is 52.3 Å². The zero-order chi connectivity index (χ0) is 19.9. The third-order valence-electron chi connectivity index (χ3n) is 4.55. The predicted molar refractivity (Wildman–Crippen MR) is 117 cm³/mol. The molecule has 2 aromatic rings. The van der Waals surface area contributed by atoms with Gasteiger partial charge >= 0.3 is 0 Å². The van der Waals surface area contributed by atoms with E-state index >= 15 is 0 Å². The highest BCUT2D eigenvalue weighted by Gasteiger charge is 2.19. The highest BCUT2D eigenvalue weighted by Crippen LogP contribution is 2.19. The molecule has 0 aliphatic carbocycles. The zero-order valence-electron chi connectivity index (χ0n) is 15.2. The van der Waals surface area contributed by atoms with Crippen molar-refractivity contribution in [1.82, 2.24) is 4.90 Å². The molecule has 3 rings (SSSR count). The second-order valence-corrected chi connectivity index (χ2v) is 7.78.